The zero-order valence-electron chi connectivity index (χ0n) is 14.7. The highest BCUT2D eigenvalue weighted by molar-refractivity contribution is 5.61. The standard InChI is InChI=1S/C24H24/c1-16-17(2)22(19-10-4-5-11-19)24(21-14-8-9-15-21)23(18(16)3)20-12-6-7-13-20/h4-15,19-21H,1-3H3. The minimum Gasteiger partial charge on any atom is -0.0732 e. The number of benzene rings is 1. The number of hydrogen-bond acceptors (Lipinski definition) is 0. The van der Waals surface area contributed by atoms with Crippen LogP contribution in [-0.2, 0) is 0 Å². The fourth-order valence-corrected chi connectivity index (χ4v) is 4.33. The molecule has 24 heavy (non-hydrogen) atoms. The highest BCUT2D eigenvalue weighted by Gasteiger charge is 2.28. The summed E-state index contributed by atoms with van der Waals surface area (Å²) in [6.45, 7) is 6.88. The molecule has 1 aromatic carbocycles. The van der Waals surface area contributed by atoms with Crippen LogP contribution in [0.15, 0.2) is 72.9 Å². The molecule has 0 unspecified atom stereocenters. The molecule has 0 atom stereocenters. The average Bonchev–Trinajstić information content (AvgIpc) is 3.34. The molecule has 0 nitrogen and oxygen atoms in total. The zero-order chi connectivity index (χ0) is 16.7. The molecular formula is C24H24. The Morgan fingerprint density at radius 1 is 0.417 bits per heavy atom. The molecule has 0 radical (unpaired) electrons. The average molecular weight is 312 g/mol. The first-order valence-electron chi connectivity index (χ1n) is 8.87. The van der Waals surface area contributed by atoms with E-state index in [-0.39, 0.29) is 0 Å². The SMILES string of the molecule is Cc1c(C)c(C2C=CC=C2)c(C2C=CC=C2)c(C2C=CC=C2)c1C. The van der Waals surface area contributed by atoms with Gasteiger partial charge in [0.05, 0.1) is 0 Å². The van der Waals surface area contributed by atoms with Crippen molar-refractivity contribution in [2.24, 2.45) is 0 Å². The minimum atomic E-state index is 0.387. The Bertz CT molecular complexity index is 762. The van der Waals surface area contributed by atoms with Crippen molar-refractivity contribution in [3.63, 3.8) is 0 Å². The van der Waals surface area contributed by atoms with Crippen molar-refractivity contribution in [2.75, 3.05) is 0 Å². The van der Waals surface area contributed by atoms with Crippen LogP contribution in [0.5, 0.6) is 0 Å². The van der Waals surface area contributed by atoms with Gasteiger partial charge < -0.3 is 0 Å². The van der Waals surface area contributed by atoms with Gasteiger partial charge in [0, 0.05) is 17.8 Å². The molecule has 1 aromatic rings. The normalized spacial score (nSPS) is 19.6. The summed E-state index contributed by atoms with van der Waals surface area (Å²) in [6, 6.07) is 0. The monoisotopic (exact) mass is 312 g/mol. The molecule has 0 spiro atoms. The van der Waals surface area contributed by atoms with Gasteiger partial charge in [0.1, 0.15) is 0 Å². The molecule has 0 saturated heterocycles. The Hall–Kier alpha value is -2.34. The van der Waals surface area contributed by atoms with Gasteiger partial charge in [-0.15, -0.1) is 0 Å². The first-order chi connectivity index (χ1) is 11.7. The van der Waals surface area contributed by atoms with Crippen LogP contribution < -0.4 is 0 Å². The van der Waals surface area contributed by atoms with Gasteiger partial charge in [-0.1, -0.05) is 72.9 Å². The zero-order valence-corrected chi connectivity index (χ0v) is 14.7. The molecule has 0 aliphatic heterocycles. The molecule has 0 bridgehead atoms. The van der Waals surface area contributed by atoms with Gasteiger partial charge in [0.2, 0.25) is 0 Å². The highest BCUT2D eigenvalue weighted by Crippen LogP contribution is 2.44. The van der Waals surface area contributed by atoms with E-state index in [1.165, 1.54) is 33.4 Å². The van der Waals surface area contributed by atoms with Crippen LogP contribution >= 0.6 is 0 Å². The Labute approximate surface area is 145 Å². The summed E-state index contributed by atoms with van der Waals surface area (Å²) >= 11 is 0. The van der Waals surface area contributed by atoms with E-state index < -0.39 is 0 Å². The Morgan fingerprint density at radius 2 is 0.708 bits per heavy atom. The van der Waals surface area contributed by atoms with E-state index in [0.29, 0.717) is 17.8 Å². The third-order valence-electron chi connectivity index (χ3n) is 5.76. The van der Waals surface area contributed by atoms with Crippen molar-refractivity contribution in [3.8, 4) is 0 Å². The molecule has 0 N–H and O–H groups in total. The summed E-state index contributed by atoms with van der Waals surface area (Å²) in [7, 11) is 0. The maximum atomic E-state index is 2.33. The molecule has 0 heterocycles. The second-order valence-corrected chi connectivity index (χ2v) is 7.00. The summed E-state index contributed by atoms with van der Waals surface area (Å²) in [5.74, 6) is 1.18. The largest absolute Gasteiger partial charge is 0.0732 e. The lowest BCUT2D eigenvalue weighted by Crippen LogP contribution is -2.13. The summed E-state index contributed by atoms with van der Waals surface area (Å²) < 4.78 is 0. The molecule has 4 rings (SSSR count). The van der Waals surface area contributed by atoms with E-state index in [0.717, 1.165) is 0 Å². The topological polar surface area (TPSA) is 0 Å². The fourth-order valence-electron chi connectivity index (χ4n) is 4.33. The van der Waals surface area contributed by atoms with Crippen LogP contribution in [0.3, 0.4) is 0 Å². The van der Waals surface area contributed by atoms with Gasteiger partial charge in [-0.2, -0.15) is 0 Å². The van der Waals surface area contributed by atoms with Gasteiger partial charge in [0.15, 0.2) is 0 Å². The van der Waals surface area contributed by atoms with Gasteiger partial charge in [-0.3, -0.25) is 0 Å². The lowest BCUT2D eigenvalue weighted by molar-refractivity contribution is 0.909. The maximum Gasteiger partial charge on any atom is 0.0211 e. The van der Waals surface area contributed by atoms with E-state index in [9.17, 15) is 0 Å². The lowest BCUT2D eigenvalue weighted by Gasteiger charge is -2.29. The van der Waals surface area contributed by atoms with Crippen LogP contribution in [0, 0.1) is 20.8 Å². The first kappa shape index (κ1) is 15.2. The fraction of sp³-hybridized carbons (Fsp3) is 0.250. The van der Waals surface area contributed by atoms with Crippen LogP contribution in [0.25, 0.3) is 0 Å². The minimum absolute atomic E-state index is 0.387. The van der Waals surface area contributed by atoms with Crippen molar-refractivity contribution in [1.29, 1.82) is 0 Å². The molecule has 3 aliphatic rings. The van der Waals surface area contributed by atoms with Crippen molar-refractivity contribution < 1.29 is 0 Å². The maximum absolute atomic E-state index is 2.33. The van der Waals surface area contributed by atoms with Crippen LogP contribution in [0.1, 0.15) is 51.1 Å². The van der Waals surface area contributed by atoms with Gasteiger partial charge >= 0.3 is 0 Å². The van der Waals surface area contributed by atoms with Gasteiger partial charge in [-0.25, -0.2) is 0 Å². The van der Waals surface area contributed by atoms with Crippen molar-refractivity contribution >= 4 is 0 Å². The predicted molar refractivity (Wildman–Crippen MR) is 104 cm³/mol. The summed E-state index contributed by atoms with van der Waals surface area (Å²) in [6.07, 6.45) is 27.1. The van der Waals surface area contributed by atoms with Crippen molar-refractivity contribution in [3.05, 3.63) is 106 Å². The van der Waals surface area contributed by atoms with Crippen molar-refractivity contribution in [2.45, 2.75) is 38.5 Å². The molecule has 0 saturated carbocycles. The summed E-state index contributed by atoms with van der Waals surface area (Å²) in [5.41, 5.74) is 8.88. The van der Waals surface area contributed by atoms with Gasteiger partial charge in [-0.05, 0) is 54.2 Å². The Balaban J connectivity index is 2.04. The number of hydrogen-bond donors (Lipinski definition) is 0. The molecule has 0 amide bonds. The first-order valence-corrected chi connectivity index (χ1v) is 8.87. The second-order valence-electron chi connectivity index (χ2n) is 7.00. The number of allylic oxidation sites excluding steroid dienone is 12. The molecular weight excluding hydrogens is 288 g/mol. The third-order valence-corrected chi connectivity index (χ3v) is 5.76. The third kappa shape index (κ3) is 2.29. The predicted octanol–water partition coefficient (Wildman–Crippen LogP) is 6.24. The van der Waals surface area contributed by atoms with E-state index in [1.807, 2.05) is 0 Å². The summed E-state index contributed by atoms with van der Waals surface area (Å²) in [4.78, 5) is 0. The molecule has 120 valence electrons. The van der Waals surface area contributed by atoms with Crippen LogP contribution in [0.2, 0.25) is 0 Å². The van der Waals surface area contributed by atoms with E-state index >= 15 is 0 Å². The highest BCUT2D eigenvalue weighted by atomic mass is 14.3. The smallest absolute Gasteiger partial charge is 0.0211 e. The van der Waals surface area contributed by atoms with E-state index in [4.69, 9.17) is 0 Å². The van der Waals surface area contributed by atoms with Crippen molar-refractivity contribution in [1.82, 2.24) is 0 Å². The second kappa shape index (κ2) is 5.94. The van der Waals surface area contributed by atoms with E-state index in [2.05, 4.69) is 93.7 Å². The quantitative estimate of drug-likeness (QED) is 0.619. The molecule has 3 aliphatic carbocycles. The van der Waals surface area contributed by atoms with E-state index in [1.54, 1.807) is 0 Å². The Morgan fingerprint density at radius 3 is 1.04 bits per heavy atom. The summed E-state index contributed by atoms with van der Waals surface area (Å²) in [5, 5.41) is 0. The van der Waals surface area contributed by atoms with Crippen LogP contribution in [0.4, 0.5) is 0 Å². The molecule has 0 fully saturated rings. The molecule has 0 heteroatoms. The number of rotatable bonds is 3. The van der Waals surface area contributed by atoms with Crippen LogP contribution in [-0.4, -0.2) is 0 Å². The van der Waals surface area contributed by atoms with Gasteiger partial charge in [0.25, 0.3) is 0 Å². The Kier molecular flexibility index (Phi) is 3.76. The molecule has 0 aromatic heterocycles. The lowest BCUT2D eigenvalue weighted by atomic mass is 9.75.